The Labute approximate surface area is 271 Å². The second-order valence-electron chi connectivity index (χ2n) is 12.3. The van der Waals surface area contributed by atoms with Crippen LogP contribution in [0.25, 0.3) is 84.4 Å². The first-order chi connectivity index (χ1) is 23.3. The summed E-state index contributed by atoms with van der Waals surface area (Å²) in [6, 6.07) is 49.1. The third-order valence-electron chi connectivity index (χ3n) is 9.65. The maximum absolute atomic E-state index is 5.05. The van der Waals surface area contributed by atoms with Gasteiger partial charge >= 0.3 is 0 Å². The highest BCUT2D eigenvalue weighted by Gasteiger charge is 2.26. The molecule has 0 aliphatic heterocycles. The normalized spacial score (nSPS) is 13.1. The smallest absolute Gasteiger partial charge is 0.164 e. The van der Waals surface area contributed by atoms with Gasteiger partial charge in [0, 0.05) is 33.2 Å². The Balaban J connectivity index is 1.28. The van der Waals surface area contributed by atoms with E-state index < -0.39 is 0 Å². The molecule has 0 fully saturated rings. The van der Waals surface area contributed by atoms with E-state index in [9.17, 15) is 0 Å². The standard InChI is InChI=1S/C43H28N4/c1-4-13-27(14-5-1)41-44-42(28-15-6-2-7-16-28)46-43(45-41)29-23-24-34-37(25-29)47(30-17-8-3-9-18-30)38-26-36-32-20-11-10-19-31(32)33-21-12-22-35(39(33)36)40(34)38/h1-11,13-20,22-26H,12,21H2. The van der Waals surface area contributed by atoms with Gasteiger partial charge < -0.3 is 4.57 Å². The van der Waals surface area contributed by atoms with Crippen LogP contribution >= 0.6 is 0 Å². The van der Waals surface area contributed by atoms with Gasteiger partial charge in [-0.25, -0.2) is 15.0 Å². The van der Waals surface area contributed by atoms with Crippen LogP contribution in [0.15, 0.2) is 140 Å². The maximum atomic E-state index is 5.05. The predicted octanol–water partition coefficient (Wildman–Crippen LogP) is 8.72. The first kappa shape index (κ1) is 26.1. The van der Waals surface area contributed by atoms with Crippen LogP contribution in [0, 0.1) is 0 Å². The molecule has 10 rings (SSSR count). The Morgan fingerprint density at radius 3 is 1.77 bits per heavy atom. The second-order valence-corrected chi connectivity index (χ2v) is 12.3. The fraction of sp³-hybridized carbons (Fsp3) is 0.0465. The van der Waals surface area contributed by atoms with E-state index >= 15 is 0 Å². The Kier molecular flexibility index (Phi) is 5.67. The lowest BCUT2D eigenvalue weighted by Gasteiger charge is -2.11. The van der Waals surface area contributed by atoms with Crippen LogP contribution in [0.5, 0.6) is 0 Å². The van der Waals surface area contributed by atoms with E-state index in [-0.39, 0.29) is 0 Å². The van der Waals surface area contributed by atoms with Crippen molar-refractivity contribution in [2.45, 2.75) is 12.8 Å². The van der Waals surface area contributed by atoms with E-state index in [1.807, 2.05) is 36.4 Å². The van der Waals surface area contributed by atoms with Crippen molar-refractivity contribution in [1.29, 1.82) is 0 Å². The molecule has 47 heavy (non-hydrogen) atoms. The molecule has 2 aliphatic carbocycles. The molecule has 0 unspecified atom stereocenters. The van der Waals surface area contributed by atoms with Crippen molar-refractivity contribution in [1.82, 2.24) is 19.5 Å². The molecule has 0 spiro atoms. The number of fused-ring (bicyclic) bond motifs is 7. The Morgan fingerprint density at radius 1 is 0.489 bits per heavy atom. The molecule has 0 N–H and O–H groups in total. The average Bonchev–Trinajstić information content (AvgIpc) is 3.66. The third kappa shape index (κ3) is 3.98. The first-order valence-corrected chi connectivity index (χ1v) is 16.2. The van der Waals surface area contributed by atoms with Crippen LogP contribution < -0.4 is 10.4 Å². The molecule has 6 aromatic carbocycles. The van der Waals surface area contributed by atoms with E-state index in [4.69, 9.17) is 15.0 Å². The largest absolute Gasteiger partial charge is 0.309 e. The monoisotopic (exact) mass is 600 g/mol. The number of aromatic nitrogens is 4. The minimum absolute atomic E-state index is 0.657. The summed E-state index contributed by atoms with van der Waals surface area (Å²) < 4.78 is 2.42. The molecule has 0 saturated heterocycles. The molecule has 0 bridgehead atoms. The SMILES string of the molecule is C1=c2c3c(cc4c2c2ccc(-c5nc(-c6ccccc6)nc(-c6ccccc6)n5)cc2n4-c2ccccc2)-c2ccccc2C=3CC1. The van der Waals surface area contributed by atoms with Crippen molar-refractivity contribution < 1.29 is 0 Å². The molecule has 2 aliphatic rings. The molecule has 2 heterocycles. The summed E-state index contributed by atoms with van der Waals surface area (Å²) in [7, 11) is 0. The highest BCUT2D eigenvalue weighted by atomic mass is 15.0. The molecular formula is C43H28N4. The van der Waals surface area contributed by atoms with Gasteiger partial charge in [-0.3, -0.25) is 0 Å². The van der Waals surface area contributed by atoms with Crippen LogP contribution in [0.4, 0.5) is 0 Å². The molecule has 4 nitrogen and oxygen atoms in total. The van der Waals surface area contributed by atoms with Gasteiger partial charge in [0.25, 0.3) is 0 Å². The Morgan fingerprint density at radius 2 is 1.09 bits per heavy atom. The lowest BCUT2D eigenvalue weighted by molar-refractivity contribution is 1.07. The number of para-hydroxylation sites is 1. The van der Waals surface area contributed by atoms with Crippen molar-refractivity contribution in [3.63, 3.8) is 0 Å². The number of hydrogen-bond donors (Lipinski definition) is 0. The zero-order valence-electron chi connectivity index (χ0n) is 25.6. The van der Waals surface area contributed by atoms with E-state index in [2.05, 4.69) is 114 Å². The summed E-state index contributed by atoms with van der Waals surface area (Å²) in [5.41, 5.74) is 11.9. The van der Waals surface area contributed by atoms with Crippen molar-refractivity contribution in [3.8, 4) is 51.0 Å². The number of nitrogens with zero attached hydrogens (tertiary/aromatic N) is 4. The highest BCUT2D eigenvalue weighted by Crippen LogP contribution is 2.39. The zero-order chi connectivity index (χ0) is 30.9. The molecule has 0 saturated carbocycles. The lowest BCUT2D eigenvalue weighted by atomic mass is 9.95. The minimum atomic E-state index is 0.657. The quantitative estimate of drug-likeness (QED) is 0.203. The van der Waals surface area contributed by atoms with Crippen LogP contribution in [-0.2, 0) is 0 Å². The van der Waals surface area contributed by atoms with Crippen LogP contribution in [-0.4, -0.2) is 19.5 Å². The molecule has 0 amide bonds. The van der Waals surface area contributed by atoms with Crippen molar-refractivity contribution in [2.24, 2.45) is 0 Å². The third-order valence-corrected chi connectivity index (χ3v) is 9.65. The van der Waals surface area contributed by atoms with Gasteiger partial charge in [0.1, 0.15) is 0 Å². The summed E-state index contributed by atoms with van der Waals surface area (Å²) in [4.78, 5) is 15.0. The molecule has 0 atom stereocenters. The van der Waals surface area contributed by atoms with Crippen LogP contribution in [0.1, 0.15) is 18.4 Å². The predicted molar refractivity (Wildman–Crippen MR) is 191 cm³/mol. The zero-order valence-corrected chi connectivity index (χ0v) is 25.6. The van der Waals surface area contributed by atoms with Gasteiger partial charge in [0.05, 0.1) is 11.0 Å². The fourth-order valence-corrected chi connectivity index (χ4v) is 7.62. The number of rotatable bonds is 4. The van der Waals surface area contributed by atoms with Gasteiger partial charge in [-0.05, 0) is 69.8 Å². The second kappa shape index (κ2) is 10.2. The summed E-state index contributed by atoms with van der Waals surface area (Å²) in [6.45, 7) is 0. The number of hydrogen-bond acceptors (Lipinski definition) is 3. The summed E-state index contributed by atoms with van der Waals surface area (Å²) in [5.74, 6) is 1.98. The van der Waals surface area contributed by atoms with Crippen LogP contribution in [0.2, 0.25) is 0 Å². The van der Waals surface area contributed by atoms with Gasteiger partial charge in [-0.1, -0.05) is 121 Å². The van der Waals surface area contributed by atoms with Gasteiger partial charge in [-0.15, -0.1) is 0 Å². The molecule has 220 valence electrons. The number of benzene rings is 6. The molecule has 4 heteroatoms. The Hall–Kier alpha value is -6.13. The van der Waals surface area contributed by atoms with Crippen molar-refractivity contribution in [2.75, 3.05) is 0 Å². The summed E-state index contributed by atoms with van der Waals surface area (Å²) in [6.07, 6.45) is 4.58. The van der Waals surface area contributed by atoms with E-state index in [0.29, 0.717) is 17.5 Å². The minimum Gasteiger partial charge on any atom is -0.309 e. The van der Waals surface area contributed by atoms with Crippen molar-refractivity contribution >= 4 is 33.5 Å². The lowest BCUT2D eigenvalue weighted by Crippen LogP contribution is -2.30. The van der Waals surface area contributed by atoms with Gasteiger partial charge in [0.15, 0.2) is 17.5 Å². The molecule has 0 radical (unpaired) electrons. The summed E-state index contributed by atoms with van der Waals surface area (Å²) >= 11 is 0. The molecule has 2 aromatic heterocycles. The Bertz CT molecular complexity index is 2600. The highest BCUT2D eigenvalue weighted by molar-refractivity contribution is 6.13. The molecular weight excluding hydrogens is 573 g/mol. The van der Waals surface area contributed by atoms with Crippen molar-refractivity contribution in [3.05, 3.63) is 156 Å². The topological polar surface area (TPSA) is 43.6 Å². The molecule has 8 aromatic rings. The first-order valence-electron chi connectivity index (χ1n) is 16.2. The fourth-order valence-electron chi connectivity index (χ4n) is 7.62. The average molecular weight is 601 g/mol. The van der Waals surface area contributed by atoms with E-state index in [0.717, 1.165) is 40.7 Å². The van der Waals surface area contributed by atoms with E-state index in [1.54, 1.807) is 0 Å². The summed E-state index contributed by atoms with van der Waals surface area (Å²) in [5, 5.41) is 5.32. The van der Waals surface area contributed by atoms with Gasteiger partial charge in [0.2, 0.25) is 0 Å². The maximum Gasteiger partial charge on any atom is 0.164 e. The van der Waals surface area contributed by atoms with E-state index in [1.165, 1.54) is 49.0 Å². The van der Waals surface area contributed by atoms with Crippen LogP contribution in [0.3, 0.4) is 0 Å². The van der Waals surface area contributed by atoms with Gasteiger partial charge in [-0.2, -0.15) is 0 Å².